The van der Waals surface area contributed by atoms with E-state index in [1.54, 1.807) is 24.3 Å². The number of carbonyl (C=O) groups excluding carboxylic acids is 3. The summed E-state index contributed by atoms with van der Waals surface area (Å²) in [7, 11) is 0. The molecule has 0 atom stereocenters. The normalized spacial score (nSPS) is 10.8. The second-order valence-corrected chi connectivity index (χ2v) is 17.4. The lowest BCUT2D eigenvalue weighted by Crippen LogP contribution is -2.21. The molecule has 1 aliphatic carbocycles. The highest BCUT2D eigenvalue weighted by Crippen LogP contribution is 2.39. The van der Waals surface area contributed by atoms with Crippen molar-refractivity contribution in [3.05, 3.63) is 156 Å². The number of hydrogen-bond acceptors (Lipinski definition) is 9. The van der Waals surface area contributed by atoms with Crippen LogP contribution in [0, 0.1) is 0 Å². The Bertz CT molecular complexity index is 2920. The molecule has 0 spiro atoms. The number of ether oxygens (including phenoxy) is 2. The number of carbonyl (C=O) groups is 5. The van der Waals surface area contributed by atoms with Gasteiger partial charge in [-0.2, -0.15) is 0 Å². The summed E-state index contributed by atoms with van der Waals surface area (Å²) in [5.74, 6) is -0.258. The quantitative estimate of drug-likeness (QED) is 0.0699. The van der Waals surface area contributed by atoms with Gasteiger partial charge in [0.2, 0.25) is 11.6 Å². The second-order valence-electron chi connectivity index (χ2n) is 13.8. The number of nitrogens with zero attached hydrogens (tertiary/aromatic N) is 1. The number of aromatic nitrogens is 2. The molecule has 9 rings (SSSR count). The van der Waals surface area contributed by atoms with Crippen LogP contribution in [0.2, 0.25) is 0 Å². The van der Waals surface area contributed by atoms with Crippen LogP contribution >= 0.6 is 63.7 Å². The van der Waals surface area contributed by atoms with Crippen molar-refractivity contribution in [2.45, 2.75) is 27.7 Å². The van der Waals surface area contributed by atoms with Gasteiger partial charge in [-0.3, -0.25) is 24.0 Å². The predicted octanol–water partition coefficient (Wildman–Crippen LogP) is 14.0. The first-order chi connectivity index (χ1) is 31.1. The number of aldehydes is 1. The van der Waals surface area contributed by atoms with Gasteiger partial charge in [0.15, 0.2) is 6.29 Å². The molecule has 1 heterocycles. The number of ketones is 2. The molecule has 0 saturated heterocycles. The van der Waals surface area contributed by atoms with Gasteiger partial charge in [0.1, 0.15) is 17.3 Å². The lowest BCUT2D eigenvalue weighted by molar-refractivity contribution is -0.135. The van der Waals surface area contributed by atoms with Gasteiger partial charge in [0.25, 0.3) is 11.9 Å². The summed E-state index contributed by atoms with van der Waals surface area (Å²) >= 11 is 13.9. The summed E-state index contributed by atoms with van der Waals surface area (Å²) in [4.78, 5) is 61.1. The number of carboxylic acid groups (broad SMARTS) is 2. The minimum atomic E-state index is -0.833. The Morgan fingerprint density at radius 3 is 1.52 bits per heavy atom. The summed E-state index contributed by atoms with van der Waals surface area (Å²) < 4.78 is 14.7. The molecule has 7 aromatic carbocycles. The lowest BCUT2D eigenvalue weighted by Gasteiger charge is -2.18. The number of rotatable bonds is 6. The molecule has 0 bridgehead atoms. The number of nitrogens with one attached hydrogen (secondary N) is 1. The largest absolute Gasteiger partial charge is 0.493 e. The van der Waals surface area contributed by atoms with E-state index in [9.17, 15) is 14.4 Å². The van der Waals surface area contributed by atoms with Gasteiger partial charge in [-0.05, 0) is 109 Å². The standard InChI is InChI=1S/C23H16Br2N2O.C14H6Br2O2.C9H10O2.2C2H4O2.H3N/c1-2-28-20-6-4-3-5-17(20)23-26-21-18-11-13(24)7-9-15(18)16-10-8-14(25)12-19(16)22(21)27-23;15-7-1-3-9-10-4-2-8(16)6-12(10)14(18)13(17)11(9)5-7;1-2-11-9-6-4-3-5-8(9)7-10;2*1-2(3)4;/h3-12H,2H2,1H3,(H,26,27);1-6H;3-7H,2H2,1H3;2*1H3,(H,3,4);1H3. The SMILES string of the molecule is CC(=O)O.CC(=O)O.CCOc1ccccc1-c1nc2c3cc(Br)ccc3c3ccc(Br)cc3c2[nH]1.CCOc1ccccc1C=O.N.O=C1C(=O)c2cc(Br)ccc2-c2ccc(Br)cc21. The molecule has 0 amide bonds. The Morgan fingerprint density at radius 2 is 1.00 bits per heavy atom. The highest BCUT2D eigenvalue weighted by atomic mass is 79.9. The fourth-order valence-electron chi connectivity index (χ4n) is 6.73. The van der Waals surface area contributed by atoms with Gasteiger partial charge >= 0.3 is 0 Å². The number of fused-ring (bicyclic) bond motifs is 9. The highest BCUT2D eigenvalue weighted by molar-refractivity contribution is 9.11. The number of benzene rings is 7. The number of aromatic amines is 1. The number of Topliss-reactive ketones (excluding diaryl/α,β-unsaturated/α-hetero) is 2. The first-order valence-electron chi connectivity index (χ1n) is 19.7. The predicted molar refractivity (Wildman–Crippen MR) is 274 cm³/mol. The molecular weight excluding hydrogens is 1110 g/mol. The van der Waals surface area contributed by atoms with Crippen molar-refractivity contribution in [3.63, 3.8) is 0 Å². The maximum absolute atomic E-state index is 12.1. The number of halogens is 4. The molecule has 1 aromatic heterocycles. The lowest BCUT2D eigenvalue weighted by atomic mass is 9.84. The average Bonchev–Trinajstić information content (AvgIpc) is 3.73. The molecule has 12 nitrogen and oxygen atoms in total. The maximum atomic E-state index is 12.1. The zero-order valence-corrected chi connectivity index (χ0v) is 42.3. The fraction of sp³-hybridized carbons (Fsp3) is 0.120. The van der Waals surface area contributed by atoms with Crippen LogP contribution in [0.4, 0.5) is 0 Å². The first-order valence-corrected chi connectivity index (χ1v) is 22.9. The topological polar surface area (TPSA) is 208 Å². The second kappa shape index (κ2) is 24.5. The van der Waals surface area contributed by atoms with Gasteiger partial charge in [-0.15, -0.1) is 0 Å². The molecule has 340 valence electrons. The molecule has 0 fully saturated rings. The third-order valence-electron chi connectivity index (χ3n) is 9.22. The molecule has 8 aromatic rings. The number of para-hydroxylation sites is 2. The molecule has 0 saturated carbocycles. The number of carboxylic acids is 2. The van der Waals surface area contributed by atoms with Crippen LogP contribution in [0.1, 0.15) is 58.8 Å². The molecule has 0 unspecified atom stereocenters. The van der Waals surface area contributed by atoms with Crippen molar-refractivity contribution < 1.29 is 43.7 Å². The van der Waals surface area contributed by atoms with Crippen LogP contribution in [0.3, 0.4) is 0 Å². The van der Waals surface area contributed by atoms with Crippen LogP contribution in [0.25, 0.3) is 55.1 Å². The Balaban J connectivity index is 0.000000215. The van der Waals surface area contributed by atoms with E-state index in [1.807, 2.05) is 74.5 Å². The van der Waals surface area contributed by atoms with E-state index in [0.29, 0.717) is 35.7 Å². The van der Waals surface area contributed by atoms with Crippen molar-refractivity contribution in [1.29, 1.82) is 0 Å². The number of hydrogen-bond donors (Lipinski definition) is 4. The third kappa shape index (κ3) is 13.1. The van der Waals surface area contributed by atoms with E-state index in [1.165, 1.54) is 10.8 Å². The Hall–Kier alpha value is -6.04. The molecule has 0 radical (unpaired) electrons. The van der Waals surface area contributed by atoms with E-state index in [0.717, 1.165) is 88.1 Å². The van der Waals surface area contributed by atoms with Gasteiger partial charge in [0.05, 0.1) is 35.4 Å². The van der Waals surface area contributed by atoms with Crippen LogP contribution in [-0.2, 0) is 9.59 Å². The number of H-pyrrole nitrogens is 1. The summed E-state index contributed by atoms with van der Waals surface area (Å²) in [5.41, 5.74) is 6.11. The maximum Gasteiger partial charge on any atom is 0.300 e. The smallest absolute Gasteiger partial charge is 0.300 e. The average molecular weight is 1150 g/mol. The van der Waals surface area contributed by atoms with Crippen molar-refractivity contribution in [3.8, 4) is 34.0 Å². The molecule has 0 aliphatic heterocycles. The summed E-state index contributed by atoms with van der Waals surface area (Å²) in [6.45, 7) is 7.25. The van der Waals surface area contributed by atoms with Gasteiger partial charge in [-0.1, -0.05) is 112 Å². The zero-order chi connectivity index (χ0) is 47.4. The van der Waals surface area contributed by atoms with Gasteiger partial charge < -0.3 is 30.8 Å². The van der Waals surface area contributed by atoms with Crippen LogP contribution in [-0.4, -0.2) is 63.2 Å². The van der Waals surface area contributed by atoms with E-state index in [-0.39, 0.29) is 6.15 Å². The Morgan fingerprint density at radius 1 is 0.576 bits per heavy atom. The molecular formula is C50H43Br4N3O9. The molecule has 1 aliphatic rings. The number of imidazole rings is 1. The van der Waals surface area contributed by atoms with E-state index in [4.69, 9.17) is 34.3 Å². The summed E-state index contributed by atoms with van der Waals surface area (Å²) in [6.07, 6.45) is 0.797. The van der Waals surface area contributed by atoms with Crippen LogP contribution < -0.4 is 15.6 Å². The van der Waals surface area contributed by atoms with Gasteiger partial charge in [-0.25, -0.2) is 4.98 Å². The summed E-state index contributed by atoms with van der Waals surface area (Å²) in [5, 5.41) is 19.5. The number of aliphatic carboxylic acids is 2. The Labute approximate surface area is 413 Å². The molecule has 66 heavy (non-hydrogen) atoms. The minimum absolute atomic E-state index is 0. The van der Waals surface area contributed by atoms with Gasteiger partial charge in [0, 0.05) is 53.6 Å². The monoisotopic (exact) mass is 1140 g/mol. The van der Waals surface area contributed by atoms with Crippen molar-refractivity contribution in [1.82, 2.24) is 16.1 Å². The van der Waals surface area contributed by atoms with Crippen molar-refractivity contribution in [2.75, 3.05) is 13.2 Å². The van der Waals surface area contributed by atoms with Crippen molar-refractivity contribution >= 4 is 126 Å². The minimum Gasteiger partial charge on any atom is -0.493 e. The van der Waals surface area contributed by atoms with E-state index >= 15 is 0 Å². The Kier molecular flexibility index (Phi) is 19.5. The third-order valence-corrected chi connectivity index (χ3v) is 11.2. The van der Waals surface area contributed by atoms with Crippen LogP contribution in [0.5, 0.6) is 11.5 Å². The zero-order valence-electron chi connectivity index (χ0n) is 36.0. The van der Waals surface area contributed by atoms with E-state index in [2.05, 4.69) is 105 Å². The van der Waals surface area contributed by atoms with Crippen molar-refractivity contribution in [2.24, 2.45) is 0 Å². The molecule has 16 heteroatoms. The highest BCUT2D eigenvalue weighted by Gasteiger charge is 2.30. The van der Waals surface area contributed by atoms with E-state index < -0.39 is 23.5 Å². The fourth-order valence-corrected chi connectivity index (χ4v) is 8.17. The van der Waals surface area contributed by atoms with Crippen LogP contribution in [0.15, 0.2) is 139 Å². The first kappa shape index (κ1) is 52.6. The summed E-state index contributed by atoms with van der Waals surface area (Å²) in [6, 6.07) is 38.8. The molecule has 6 N–H and O–H groups in total.